The quantitative estimate of drug-likeness (QED) is 0.641. The van der Waals surface area contributed by atoms with Crippen LogP contribution in [0.25, 0.3) is 0 Å². The van der Waals surface area contributed by atoms with Crippen LogP contribution in [0, 0.1) is 5.92 Å². The molecule has 19 heavy (non-hydrogen) atoms. The number of nitrogens with one attached hydrogen (secondary N) is 1. The van der Waals surface area contributed by atoms with Crippen LogP contribution in [0.3, 0.4) is 0 Å². The number of nitrogen functional groups attached to an aromatic ring is 1. The zero-order valence-electron chi connectivity index (χ0n) is 11.4. The smallest absolute Gasteiger partial charge is 0.159 e. The largest absolute Gasteiger partial charge is 0.353 e. The van der Waals surface area contributed by atoms with Gasteiger partial charge in [0.05, 0.1) is 0 Å². The number of hydrogen-bond acceptors (Lipinski definition) is 6. The van der Waals surface area contributed by atoms with Crippen molar-refractivity contribution in [2.45, 2.75) is 13.8 Å². The van der Waals surface area contributed by atoms with Crippen LogP contribution in [0.15, 0.2) is 10.8 Å². The van der Waals surface area contributed by atoms with E-state index in [0.29, 0.717) is 11.7 Å². The van der Waals surface area contributed by atoms with E-state index in [1.165, 1.54) is 6.33 Å². The molecule has 6 nitrogen and oxygen atoms in total. The van der Waals surface area contributed by atoms with Crippen molar-refractivity contribution in [3.63, 3.8) is 0 Å². The summed E-state index contributed by atoms with van der Waals surface area (Å²) in [7, 11) is 0. The zero-order chi connectivity index (χ0) is 13.8. The first-order chi connectivity index (χ1) is 9.11. The third-order valence-electron chi connectivity index (χ3n) is 3.20. The molecule has 1 aliphatic heterocycles. The molecule has 0 unspecified atom stereocenters. The van der Waals surface area contributed by atoms with E-state index in [1.54, 1.807) is 0 Å². The van der Waals surface area contributed by atoms with Crippen molar-refractivity contribution >= 4 is 27.6 Å². The van der Waals surface area contributed by atoms with Crippen molar-refractivity contribution in [3.05, 3.63) is 10.8 Å². The first kappa shape index (κ1) is 14.5. The Kier molecular flexibility index (Phi) is 4.95. The minimum absolute atomic E-state index is 0.620. The molecule has 0 atom stereocenters. The fraction of sp³-hybridized carbons (Fsp3) is 0.667. The molecule has 1 aromatic rings. The molecule has 1 aromatic heterocycles. The fourth-order valence-electron chi connectivity index (χ4n) is 2.34. The molecular formula is C12H21BrN6. The van der Waals surface area contributed by atoms with E-state index in [9.17, 15) is 0 Å². The van der Waals surface area contributed by atoms with Crippen molar-refractivity contribution in [3.8, 4) is 0 Å². The van der Waals surface area contributed by atoms with Crippen molar-refractivity contribution in [1.82, 2.24) is 14.9 Å². The molecule has 3 N–H and O–H groups in total. The maximum absolute atomic E-state index is 5.43. The molecule has 1 fully saturated rings. The van der Waals surface area contributed by atoms with Crippen LogP contribution in [0.1, 0.15) is 13.8 Å². The van der Waals surface area contributed by atoms with Gasteiger partial charge < -0.3 is 10.3 Å². The summed E-state index contributed by atoms with van der Waals surface area (Å²) in [6.45, 7) is 9.77. The standard InChI is InChI=1S/C12H21BrN6/c1-9(2)7-18-3-5-19(6-4-18)12-10(13)11(17-14)15-8-16-12/h8-9H,3-7,14H2,1-2H3,(H,15,16,17). The third kappa shape index (κ3) is 3.55. The van der Waals surface area contributed by atoms with Crippen molar-refractivity contribution < 1.29 is 0 Å². The molecule has 0 aliphatic carbocycles. The molecule has 0 spiro atoms. The van der Waals surface area contributed by atoms with E-state index in [2.05, 4.69) is 55.0 Å². The Morgan fingerprint density at radius 1 is 1.32 bits per heavy atom. The fourth-order valence-corrected chi connectivity index (χ4v) is 2.91. The molecule has 0 bridgehead atoms. The molecule has 0 amide bonds. The predicted octanol–water partition coefficient (Wildman–Crippen LogP) is 1.30. The topological polar surface area (TPSA) is 70.3 Å². The highest BCUT2D eigenvalue weighted by atomic mass is 79.9. The Morgan fingerprint density at radius 3 is 2.58 bits per heavy atom. The minimum Gasteiger partial charge on any atom is -0.353 e. The Balaban J connectivity index is 2.01. The average Bonchev–Trinajstić information content (AvgIpc) is 2.39. The number of aromatic nitrogens is 2. The first-order valence-corrected chi connectivity index (χ1v) is 7.35. The maximum atomic E-state index is 5.43. The van der Waals surface area contributed by atoms with Gasteiger partial charge in [-0.3, -0.25) is 4.90 Å². The van der Waals surface area contributed by atoms with Crippen LogP contribution in [-0.4, -0.2) is 47.6 Å². The van der Waals surface area contributed by atoms with Gasteiger partial charge in [-0.15, -0.1) is 0 Å². The summed E-state index contributed by atoms with van der Waals surface area (Å²) in [5, 5.41) is 0. The summed E-state index contributed by atoms with van der Waals surface area (Å²) in [4.78, 5) is 13.2. The predicted molar refractivity (Wildman–Crippen MR) is 81.0 cm³/mol. The van der Waals surface area contributed by atoms with E-state index in [4.69, 9.17) is 5.84 Å². The first-order valence-electron chi connectivity index (χ1n) is 6.56. The monoisotopic (exact) mass is 328 g/mol. The summed E-state index contributed by atoms with van der Waals surface area (Å²) in [5.41, 5.74) is 2.57. The highest BCUT2D eigenvalue weighted by Crippen LogP contribution is 2.29. The summed E-state index contributed by atoms with van der Waals surface area (Å²) in [6, 6.07) is 0. The van der Waals surface area contributed by atoms with E-state index >= 15 is 0 Å². The maximum Gasteiger partial charge on any atom is 0.159 e. The lowest BCUT2D eigenvalue weighted by Crippen LogP contribution is -2.47. The van der Waals surface area contributed by atoms with Crippen LogP contribution in [-0.2, 0) is 0 Å². The molecule has 1 aliphatic rings. The van der Waals surface area contributed by atoms with Gasteiger partial charge in [0.1, 0.15) is 16.6 Å². The number of hydrogen-bond donors (Lipinski definition) is 2. The highest BCUT2D eigenvalue weighted by molar-refractivity contribution is 9.10. The van der Waals surface area contributed by atoms with Gasteiger partial charge in [-0.05, 0) is 21.8 Å². The van der Waals surface area contributed by atoms with Gasteiger partial charge in [0.2, 0.25) is 0 Å². The van der Waals surface area contributed by atoms with Crippen LogP contribution < -0.4 is 16.2 Å². The molecule has 7 heteroatoms. The second-order valence-corrected chi connectivity index (χ2v) is 5.98. The molecule has 2 rings (SSSR count). The molecule has 0 radical (unpaired) electrons. The van der Waals surface area contributed by atoms with Gasteiger partial charge in [-0.2, -0.15) is 0 Å². The van der Waals surface area contributed by atoms with Crippen LogP contribution in [0.5, 0.6) is 0 Å². The average molecular weight is 329 g/mol. The number of piperazine rings is 1. The number of rotatable bonds is 4. The Bertz CT molecular complexity index is 417. The molecule has 106 valence electrons. The lowest BCUT2D eigenvalue weighted by molar-refractivity contribution is 0.231. The normalized spacial score (nSPS) is 17.0. The molecule has 1 saturated heterocycles. The highest BCUT2D eigenvalue weighted by Gasteiger charge is 2.21. The molecular weight excluding hydrogens is 308 g/mol. The van der Waals surface area contributed by atoms with E-state index in [-0.39, 0.29) is 0 Å². The number of nitrogens with zero attached hydrogens (tertiary/aromatic N) is 4. The summed E-state index contributed by atoms with van der Waals surface area (Å²) in [6.07, 6.45) is 1.54. The minimum atomic E-state index is 0.620. The van der Waals surface area contributed by atoms with Crippen LogP contribution in [0.2, 0.25) is 0 Å². The molecule has 0 aromatic carbocycles. The number of anilines is 2. The second kappa shape index (κ2) is 6.49. The zero-order valence-corrected chi connectivity index (χ0v) is 13.0. The van der Waals surface area contributed by atoms with Crippen LogP contribution in [0.4, 0.5) is 11.6 Å². The van der Waals surface area contributed by atoms with Gasteiger partial charge in [-0.25, -0.2) is 15.8 Å². The number of halogens is 1. The number of nitrogens with two attached hydrogens (primary N) is 1. The van der Waals surface area contributed by atoms with Crippen LogP contribution >= 0.6 is 15.9 Å². The van der Waals surface area contributed by atoms with Gasteiger partial charge in [-0.1, -0.05) is 13.8 Å². The Hall–Kier alpha value is -0.920. The summed E-state index contributed by atoms with van der Waals surface area (Å²) >= 11 is 3.51. The molecule has 0 saturated carbocycles. The van der Waals surface area contributed by atoms with Crippen molar-refractivity contribution in [2.75, 3.05) is 43.0 Å². The lowest BCUT2D eigenvalue weighted by Gasteiger charge is -2.36. The van der Waals surface area contributed by atoms with Crippen molar-refractivity contribution in [2.24, 2.45) is 11.8 Å². The third-order valence-corrected chi connectivity index (χ3v) is 3.93. The van der Waals surface area contributed by atoms with E-state index in [0.717, 1.165) is 43.0 Å². The Labute approximate surface area is 122 Å². The SMILES string of the molecule is CC(C)CN1CCN(c2ncnc(NN)c2Br)CC1. The van der Waals surface area contributed by atoms with Gasteiger partial charge in [0.25, 0.3) is 0 Å². The summed E-state index contributed by atoms with van der Waals surface area (Å²) < 4.78 is 0.829. The van der Waals surface area contributed by atoms with Crippen molar-refractivity contribution in [1.29, 1.82) is 0 Å². The van der Waals surface area contributed by atoms with Gasteiger partial charge >= 0.3 is 0 Å². The lowest BCUT2D eigenvalue weighted by atomic mass is 10.2. The van der Waals surface area contributed by atoms with Gasteiger partial charge in [0.15, 0.2) is 5.82 Å². The van der Waals surface area contributed by atoms with Gasteiger partial charge in [0, 0.05) is 32.7 Å². The summed E-state index contributed by atoms with van der Waals surface area (Å²) in [5.74, 6) is 7.67. The Morgan fingerprint density at radius 2 is 2.00 bits per heavy atom. The molecule has 2 heterocycles. The van der Waals surface area contributed by atoms with E-state index < -0.39 is 0 Å². The second-order valence-electron chi connectivity index (χ2n) is 5.19. The number of hydrazine groups is 1. The van der Waals surface area contributed by atoms with E-state index in [1.807, 2.05) is 0 Å².